The number of ether oxygens (including phenoxy) is 2. The summed E-state index contributed by atoms with van der Waals surface area (Å²) in [7, 11) is 3.70. The standard InChI is InChI=1S/C14H21NO2/c1-9-5-6-11(7-10(9)2)17-13-8-12(15-3)14(13)16-4/h5-7,12-15H,8H2,1-4H3. The van der Waals surface area contributed by atoms with Gasteiger partial charge >= 0.3 is 0 Å². The van der Waals surface area contributed by atoms with Crippen LogP contribution in [0.5, 0.6) is 5.75 Å². The van der Waals surface area contributed by atoms with E-state index >= 15 is 0 Å². The summed E-state index contributed by atoms with van der Waals surface area (Å²) in [5.74, 6) is 0.940. The molecule has 94 valence electrons. The van der Waals surface area contributed by atoms with Crippen LogP contribution in [0.1, 0.15) is 17.5 Å². The number of hydrogen-bond acceptors (Lipinski definition) is 3. The smallest absolute Gasteiger partial charge is 0.128 e. The fourth-order valence-electron chi connectivity index (χ4n) is 2.26. The zero-order chi connectivity index (χ0) is 12.4. The molecule has 17 heavy (non-hydrogen) atoms. The molecule has 3 unspecified atom stereocenters. The quantitative estimate of drug-likeness (QED) is 0.866. The lowest BCUT2D eigenvalue weighted by Gasteiger charge is -2.43. The molecule has 0 aromatic heterocycles. The highest BCUT2D eigenvalue weighted by Crippen LogP contribution is 2.29. The van der Waals surface area contributed by atoms with Gasteiger partial charge in [-0.3, -0.25) is 0 Å². The molecule has 3 heteroatoms. The third kappa shape index (κ3) is 2.45. The largest absolute Gasteiger partial charge is 0.488 e. The lowest BCUT2D eigenvalue weighted by molar-refractivity contribution is -0.0869. The highest BCUT2D eigenvalue weighted by atomic mass is 16.5. The van der Waals surface area contributed by atoms with E-state index in [2.05, 4.69) is 31.3 Å². The first-order chi connectivity index (χ1) is 8.15. The van der Waals surface area contributed by atoms with Crippen LogP contribution >= 0.6 is 0 Å². The van der Waals surface area contributed by atoms with E-state index in [4.69, 9.17) is 9.47 Å². The van der Waals surface area contributed by atoms with Crippen LogP contribution in [0.3, 0.4) is 0 Å². The van der Waals surface area contributed by atoms with Gasteiger partial charge in [0.25, 0.3) is 0 Å². The van der Waals surface area contributed by atoms with Crippen molar-refractivity contribution in [3.05, 3.63) is 29.3 Å². The number of likely N-dealkylation sites (N-methyl/N-ethyl adjacent to an activating group) is 1. The molecule has 0 aliphatic heterocycles. The molecule has 1 aliphatic carbocycles. The molecular weight excluding hydrogens is 214 g/mol. The second kappa shape index (κ2) is 5.07. The Balaban J connectivity index is 2.00. The zero-order valence-corrected chi connectivity index (χ0v) is 11.0. The van der Waals surface area contributed by atoms with E-state index in [1.807, 2.05) is 13.1 Å². The van der Waals surface area contributed by atoms with Gasteiger partial charge in [0.15, 0.2) is 0 Å². The van der Waals surface area contributed by atoms with Crippen LogP contribution < -0.4 is 10.1 Å². The first kappa shape index (κ1) is 12.4. The van der Waals surface area contributed by atoms with Crippen LogP contribution in [0.2, 0.25) is 0 Å². The Labute approximate surface area is 103 Å². The Bertz CT molecular complexity index is 392. The van der Waals surface area contributed by atoms with Gasteiger partial charge in [-0.15, -0.1) is 0 Å². The topological polar surface area (TPSA) is 30.5 Å². The number of benzene rings is 1. The molecule has 3 atom stereocenters. The second-order valence-electron chi connectivity index (χ2n) is 4.73. The van der Waals surface area contributed by atoms with E-state index in [9.17, 15) is 0 Å². The first-order valence-electron chi connectivity index (χ1n) is 6.09. The van der Waals surface area contributed by atoms with Crippen molar-refractivity contribution in [1.29, 1.82) is 0 Å². The van der Waals surface area contributed by atoms with Crippen LogP contribution in [0.15, 0.2) is 18.2 Å². The fraction of sp³-hybridized carbons (Fsp3) is 0.571. The summed E-state index contributed by atoms with van der Waals surface area (Å²) in [6, 6.07) is 6.63. The van der Waals surface area contributed by atoms with Crippen LogP contribution in [0, 0.1) is 13.8 Å². The van der Waals surface area contributed by atoms with Gasteiger partial charge in [-0.2, -0.15) is 0 Å². The molecule has 0 radical (unpaired) electrons. The van der Waals surface area contributed by atoms with E-state index in [1.54, 1.807) is 7.11 Å². The number of aryl methyl sites for hydroxylation is 2. The van der Waals surface area contributed by atoms with Gasteiger partial charge in [-0.05, 0) is 44.2 Å². The summed E-state index contributed by atoms with van der Waals surface area (Å²) >= 11 is 0. The normalized spacial score (nSPS) is 27.6. The van der Waals surface area contributed by atoms with E-state index < -0.39 is 0 Å². The maximum atomic E-state index is 5.96. The molecule has 1 aliphatic rings. The van der Waals surface area contributed by atoms with Gasteiger partial charge < -0.3 is 14.8 Å². The van der Waals surface area contributed by atoms with Crippen molar-refractivity contribution >= 4 is 0 Å². The summed E-state index contributed by atoms with van der Waals surface area (Å²) in [5.41, 5.74) is 2.56. The average molecular weight is 235 g/mol. The molecule has 0 spiro atoms. The number of methoxy groups -OCH3 is 1. The van der Waals surface area contributed by atoms with Crippen molar-refractivity contribution in [2.24, 2.45) is 0 Å². The fourth-order valence-corrected chi connectivity index (χ4v) is 2.26. The van der Waals surface area contributed by atoms with E-state index in [0.29, 0.717) is 6.04 Å². The van der Waals surface area contributed by atoms with E-state index in [-0.39, 0.29) is 12.2 Å². The maximum Gasteiger partial charge on any atom is 0.128 e. The molecule has 0 heterocycles. The Morgan fingerprint density at radius 3 is 2.59 bits per heavy atom. The van der Waals surface area contributed by atoms with Crippen molar-refractivity contribution < 1.29 is 9.47 Å². The molecule has 1 fully saturated rings. The third-order valence-electron chi connectivity index (χ3n) is 3.66. The van der Waals surface area contributed by atoms with Crippen molar-refractivity contribution in [2.75, 3.05) is 14.2 Å². The summed E-state index contributed by atoms with van der Waals surface area (Å²) in [5, 5.41) is 3.23. The molecule has 0 amide bonds. The van der Waals surface area contributed by atoms with Gasteiger partial charge in [-0.25, -0.2) is 0 Å². The van der Waals surface area contributed by atoms with Crippen LogP contribution in [0.4, 0.5) is 0 Å². The van der Waals surface area contributed by atoms with Crippen LogP contribution in [0.25, 0.3) is 0 Å². The van der Waals surface area contributed by atoms with E-state index in [0.717, 1.165) is 12.2 Å². The minimum Gasteiger partial charge on any atom is -0.488 e. The Morgan fingerprint density at radius 2 is 2.00 bits per heavy atom. The lowest BCUT2D eigenvalue weighted by Crippen LogP contribution is -2.60. The van der Waals surface area contributed by atoms with Crippen molar-refractivity contribution in [3.8, 4) is 5.75 Å². The summed E-state index contributed by atoms with van der Waals surface area (Å²) in [6.45, 7) is 4.21. The predicted molar refractivity (Wildman–Crippen MR) is 68.6 cm³/mol. The minimum absolute atomic E-state index is 0.154. The summed E-state index contributed by atoms with van der Waals surface area (Å²) in [4.78, 5) is 0. The van der Waals surface area contributed by atoms with Crippen molar-refractivity contribution in [3.63, 3.8) is 0 Å². The lowest BCUT2D eigenvalue weighted by atomic mass is 9.85. The van der Waals surface area contributed by atoms with Crippen LogP contribution in [-0.4, -0.2) is 32.4 Å². The Morgan fingerprint density at radius 1 is 1.24 bits per heavy atom. The molecule has 1 saturated carbocycles. The monoisotopic (exact) mass is 235 g/mol. The Kier molecular flexibility index (Phi) is 3.69. The van der Waals surface area contributed by atoms with E-state index in [1.165, 1.54) is 11.1 Å². The first-order valence-corrected chi connectivity index (χ1v) is 6.09. The molecule has 3 nitrogen and oxygen atoms in total. The third-order valence-corrected chi connectivity index (χ3v) is 3.66. The minimum atomic E-state index is 0.154. The van der Waals surface area contributed by atoms with Crippen molar-refractivity contribution in [1.82, 2.24) is 5.32 Å². The van der Waals surface area contributed by atoms with Crippen molar-refractivity contribution in [2.45, 2.75) is 38.5 Å². The van der Waals surface area contributed by atoms with Gasteiger partial charge in [0.1, 0.15) is 18.0 Å². The molecule has 1 aromatic carbocycles. The second-order valence-corrected chi connectivity index (χ2v) is 4.73. The zero-order valence-electron chi connectivity index (χ0n) is 11.0. The highest BCUT2D eigenvalue weighted by molar-refractivity contribution is 5.34. The molecule has 1 N–H and O–H groups in total. The van der Waals surface area contributed by atoms with Gasteiger partial charge in [-0.1, -0.05) is 6.07 Å². The van der Waals surface area contributed by atoms with Gasteiger partial charge in [0.2, 0.25) is 0 Å². The average Bonchev–Trinajstić information content (AvgIpc) is 2.29. The summed E-state index contributed by atoms with van der Waals surface area (Å²) in [6.07, 6.45) is 1.32. The molecular formula is C14H21NO2. The number of rotatable bonds is 4. The maximum absolute atomic E-state index is 5.96. The predicted octanol–water partition coefficient (Wildman–Crippen LogP) is 2.06. The summed E-state index contributed by atoms with van der Waals surface area (Å²) < 4.78 is 11.4. The SMILES string of the molecule is CNC1CC(Oc2ccc(C)c(C)c2)C1OC. The van der Waals surface area contributed by atoms with Gasteiger partial charge in [0.05, 0.1) is 0 Å². The van der Waals surface area contributed by atoms with Gasteiger partial charge in [0, 0.05) is 19.6 Å². The molecule has 0 bridgehead atoms. The Hall–Kier alpha value is -1.06. The van der Waals surface area contributed by atoms with Crippen LogP contribution in [-0.2, 0) is 4.74 Å². The highest BCUT2D eigenvalue weighted by Gasteiger charge is 2.42. The molecule has 0 saturated heterocycles. The number of hydrogen-bond donors (Lipinski definition) is 1. The molecule has 2 rings (SSSR count). The molecule has 1 aromatic rings. The number of nitrogens with one attached hydrogen (secondary N) is 1.